The third-order valence-electron chi connectivity index (χ3n) is 1.02. The highest BCUT2D eigenvalue weighted by Gasteiger charge is 1.94. The molecule has 0 aromatic carbocycles. The highest BCUT2D eigenvalue weighted by Crippen LogP contribution is 2.06. The number of hydrogen-bond acceptors (Lipinski definition) is 2. The number of aliphatic imine (C=N–C) groups is 1. The Balaban J connectivity index is 3.89. The number of nitrogens with zero attached hydrogens (tertiary/aromatic N) is 1. The normalized spacial score (nSPS) is 16.1. The summed E-state index contributed by atoms with van der Waals surface area (Å²) in [7, 11) is 0. The van der Waals surface area contributed by atoms with Crippen molar-refractivity contribution in [2.24, 2.45) is 10.7 Å². The fourth-order valence-electron chi connectivity index (χ4n) is 0.495. The Hall–Kier alpha value is -0.0600. The Kier molecular flexibility index (Phi) is 5.67. The van der Waals surface area contributed by atoms with Crippen LogP contribution in [0.4, 0.5) is 0 Å². The van der Waals surface area contributed by atoms with Crippen molar-refractivity contribution in [2.45, 2.75) is 24.3 Å². The van der Waals surface area contributed by atoms with E-state index >= 15 is 0 Å². The number of allylic oxidation sites excluding steroid dienone is 1. The van der Waals surface area contributed by atoms with Crippen LogP contribution in [-0.4, -0.2) is 9.76 Å². The molecule has 0 radical (unpaired) electrons. The van der Waals surface area contributed by atoms with Gasteiger partial charge in [0.1, 0.15) is 4.05 Å². The predicted molar refractivity (Wildman–Crippen MR) is 54.5 cm³/mol. The summed E-state index contributed by atoms with van der Waals surface area (Å²) in [5.74, 6) is 0. The maximum Gasteiger partial charge on any atom is 0.101 e. The van der Waals surface area contributed by atoms with Gasteiger partial charge in [-0.3, -0.25) is 4.99 Å². The molecule has 0 aromatic rings. The monoisotopic (exact) mass is 252 g/mol. The molecular weight excluding hydrogens is 239 g/mol. The molecule has 0 aliphatic carbocycles. The van der Waals surface area contributed by atoms with E-state index in [1.165, 1.54) is 6.20 Å². The summed E-state index contributed by atoms with van der Waals surface area (Å²) in [6.07, 6.45) is 4.38. The van der Waals surface area contributed by atoms with Crippen LogP contribution >= 0.6 is 22.6 Å². The Bertz CT molecular complexity index is 141. The van der Waals surface area contributed by atoms with Crippen LogP contribution in [0.2, 0.25) is 0 Å². The maximum atomic E-state index is 5.18. The van der Waals surface area contributed by atoms with Gasteiger partial charge in [0.25, 0.3) is 0 Å². The lowest BCUT2D eigenvalue weighted by Gasteiger charge is -1.98. The van der Waals surface area contributed by atoms with Gasteiger partial charge >= 0.3 is 0 Å². The Morgan fingerprint density at radius 3 is 2.80 bits per heavy atom. The summed E-state index contributed by atoms with van der Waals surface area (Å²) >= 11 is 2.30. The van der Waals surface area contributed by atoms with E-state index in [0.29, 0.717) is 4.05 Å². The number of halogens is 1. The summed E-state index contributed by atoms with van der Waals surface area (Å²) < 4.78 is 0.383. The van der Waals surface area contributed by atoms with Crippen molar-refractivity contribution in [1.82, 2.24) is 0 Å². The Morgan fingerprint density at radius 1 is 1.80 bits per heavy atom. The van der Waals surface area contributed by atoms with E-state index in [0.717, 1.165) is 12.1 Å². The molecule has 0 amide bonds. The molecule has 0 fully saturated rings. The van der Waals surface area contributed by atoms with Crippen LogP contribution in [0.1, 0.15) is 20.3 Å². The first-order valence-corrected chi connectivity index (χ1v) is 4.52. The minimum atomic E-state index is 0.383. The van der Waals surface area contributed by atoms with Crippen LogP contribution in [0, 0.1) is 0 Å². The molecule has 0 heterocycles. The van der Waals surface area contributed by atoms with Crippen molar-refractivity contribution in [3.8, 4) is 0 Å². The first-order chi connectivity index (χ1) is 4.70. The van der Waals surface area contributed by atoms with Crippen molar-refractivity contribution in [2.75, 3.05) is 0 Å². The highest BCUT2D eigenvalue weighted by atomic mass is 127. The van der Waals surface area contributed by atoms with Gasteiger partial charge in [0.2, 0.25) is 0 Å². The minimum Gasteiger partial charge on any atom is -0.405 e. The van der Waals surface area contributed by atoms with Gasteiger partial charge in [-0.05, 0) is 25.6 Å². The predicted octanol–water partition coefficient (Wildman–Crippen LogP) is 2.09. The van der Waals surface area contributed by atoms with E-state index in [2.05, 4.69) is 34.5 Å². The average Bonchev–Trinajstić information content (AvgIpc) is 1.88. The topological polar surface area (TPSA) is 38.4 Å². The first-order valence-electron chi connectivity index (χ1n) is 3.27. The van der Waals surface area contributed by atoms with E-state index in [9.17, 15) is 0 Å². The largest absolute Gasteiger partial charge is 0.405 e. The molecule has 0 aromatic heterocycles. The molecule has 2 N–H and O–H groups in total. The maximum absolute atomic E-state index is 5.18. The molecule has 0 saturated heterocycles. The van der Waals surface area contributed by atoms with Gasteiger partial charge in [-0.15, -0.1) is 0 Å². The summed E-state index contributed by atoms with van der Waals surface area (Å²) in [6.45, 7) is 4.06. The van der Waals surface area contributed by atoms with E-state index < -0.39 is 0 Å². The quantitative estimate of drug-likeness (QED) is 0.355. The molecule has 58 valence electrons. The van der Waals surface area contributed by atoms with Crippen LogP contribution in [0.3, 0.4) is 0 Å². The second-order valence-electron chi connectivity index (χ2n) is 1.97. The standard InChI is InChI=1S/C7H13IN2/c1-3-7(8)10-6(2)4-5-9/h4-5,7H,3,9H2,1-2H3/b5-4-,10-6-. The van der Waals surface area contributed by atoms with Crippen molar-refractivity contribution >= 4 is 28.3 Å². The molecule has 2 nitrogen and oxygen atoms in total. The van der Waals surface area contributed by atoms with Gasteiger partial charge in [0.15, 0.2) is 0 Å². The zero-order valence-corrected chi connectivity index (χ0v) is 8.50. The average molecular weight is 252 g/mol. The molecule has 0 aliphatic heterocycles. The number of rotatable bonds is 3. The molecule has 0 aliphatic rings. The first kappa shape index (κ1) is 9.94. The summed E-state index contributed by atoms with van der Waals surface area (Å²) in [4.78, 5) is 4.32. The summed E-state index contributed by atoms with van der Waals surface area (Å²) in [5, 5.41) is 0. The fraction of sp³-hybridized carbons (Fsp3) is 0.571. The van der Waals surface area contributed by atoms with E-state index in [-0.39, 0.29) is 0 Å². The number of alkyl halides is 1. The number of nitrogens with two attached hydrogens (primary N) is 1. The van der Waals surface area contributed by atoms with Gasteiger partial charge in [-0.2, -0.15) is 0 Å². The van der Waals surface area contributed by atoms with Gasteiger partial charge in [0, 0.05) is 5.71 Å². The third kappa shape index (κ3) is 4.78. The van der Waals surface area contributed by atoms with E-state index in [1.807, 2.05) is 6.92 Å². The van der Waals surface area contributed by atoms with Crippen LogP contribution in [0.5, 0.6) is 0 Å². The van der Waals surface area contributed by atoms with Gasteiger partial charge in [-0.1, -0.05) is 29.5 Å². The SMILES string of the molecule is CCC(I)/N=C(C)\C=C/N. The molecule has 0 spiro atoms. The molecule has 0 rings (SSSR count). The molecule has 10 heavy (non-hydrogen) atoms. The lowest BCUT2D eigenvalue weighted by molar-refractivity contribution is 0.901. The lowest BCUT2D eigenvalue weighted by Crippen LogP contribution is -1.95. The van der Waals surface area contributed by atoms with Crippen molar-refractivity contribution < 1.29 is 0 Å². The Morgan fingerprint density at radius 2 is 2.40 bits per heavy atom. The smallest absolute Gasteiger partial charge is 0.101 e. The van der Waals surface area contributed by atoms with Gasteiger partial charge < -0.3 is 5.73 Å². The van der Waals surface area contributed by atoms with Gasteiger partial charge in [-0.25, -0.2) is 0 Å². The zero-order valence-electron chi connectivity index (χ0n) is 6.34. The zero-order chi connectivity index (χ0) is 7.98. The second kappa shape index (κ2) is 5.70. The third-order valence-corrected chi connectivity index (χ3v) is 2.18. The van der Waals surface area contributed by atoms with Crippen LogP contribution in [-0.2, 0) is 0 Å². The summed E-state index contributed by atoms with van der Waals surface area (Å²) in [5.41, 5.74) is 6.17. The molecule has 1 atom stereocenters. The van der Waals surface area contributed by atoms with Crippen LogP contribution in [0.15, 0.2) is 17.3 Å². The van der Waals surface area contributed by atoms with Crippen molar-refractivity contribution in [3.63, 3.8) is 0 Å². The lowest BCUT2D eigenvalue weighted by atomic mass is 10.4. The fourth-order valence-corrected chi connectivity index (χ4v) is 0.934. The molecule has 0 bridgehead atoms. The minimum absolute atomic E-state index is 0.383. The van der Waals surface area contributed by atoms with Gasteiger partial charge in [0.05, 0.1) is 0 Å². The number of hydrogen-bond donors (Lipinski definition) is 1. The molecular formula is C7H13IN2. The molecule has 3 heteroatoms. The summed E-state index contributed by atoms with van der Waals surface area (Å²) in [6, 6.07) is 0. The van der Waals surface area contributed by atoms with Crippen LogP contribution < -0.4 is 5.73 Å². The highest BCUT2D eigenvalue weighted by molar-refractivity contribution is 14.1. The molecule has 0 saturated carbocycles. The van der Waals surface area contributed by atoms with Crippen molar-refractivity contribution in [1.29, 1.82) is 0 Å². The Labute approximate surface area is 75.7 Å². The van der Waals surface area contributed by atoms with Crippen molar-refractivity contribution in [3.05, 3.63) is 12.3 Å². The van der Waals surface area contributed by atoms with E-state index in [1.54, 1.807) is 6.08 Å². The second-order valence-corrected chi connectivity index (χ2v) is 3.41. The van der Waals surface area contributed by atoms with Crippen LogP contribution in [0.25, 0.3) is 0 Å². The molecule has 1 unspecified atom stereocenters. The van der Waals surface area contributed by atoms with E-state index in [4.69, 9.17) is 5.73 Å².